The zero-order valence-electron chi connectivity index (χ0n) is 11.3. The summed E-state index contributed by atoms with van der Waals surface area (Å²) >= 11 is 3.26. The molecule has 0 spiro atoms. The standard InChI is InChI=1S/C14H18N2OS2/c1-9(2)10(3)15-13(17)7-11-8-19-14(16-11)12-5-4-6-18-12/h4-6,8-10H,7H2,1-3H3,(H,15,17)/t10-/m0/s1. The Kier molecular flexibility index (Phi) is 4.71. The van der Waals surface area contributed by atoms with Crippen LogP contribution in [0.25, 0.3) is 9.88 Å². The summed E-state index contributed by atoms with van der Waals surface area (Å²) in [5.74, 6) is 0.491. The summed E-state index contributed by atoms with van der Waals surface area (Å²) in [4.78, 5) is 17.6. The molecule has 2 heterocycles. The van der Waals surface area contributed by atoms with Gasteiger partial charge in [-0.05, 0) is 24.3 Å². The second kappa shape index (κ2) is 6.30. The summed E-state index contributed by atoms with van der Waals surface area (Å²) < 4.78 is 0. The van der Waals surface area contributed by atoms with Crippen molar-refractivity contribution in [2.24, 2.45) is 5.92 Å². The molecular formula is C14H18N2OS2. The summed E-state index contributed by atoms with van der Waals surface area (Å²) in [5.41, 5.74) is 0.849. The highest BCUT2D eigenvalue weighted by atomic mass is 32.1. The van der Waals surface area contributed by atoms with E-state index in [0.717, 1.165) is 15.6 Å². The van der Waals surface area contributed by atoms with Crippen molar-refractivity contribution in [1.29, 1.82) is 0 Å². The number of rotatable bonds is 5. The first-order valence-corrected chi connectivity index (χ1v) is 8.10. The predicted octanol–water partition coefficient (Wildman–Crippen LogP) is 3.57. The molecule has 0 bridgehead atoms. The maximum absolute atomic E-state index is 11.9. The maximum Gasteiger partial charge on any atom is 0.226 e. The van der Waals surface area contributed by atoms with E-state index < -0.39 is 0 Å². The van der Waals surface area contributed by atoms with Gasteiger partial charge in [0.2, 0.25) is 5.91 Å². The van der Waals surface area contributed by atoms with Gasteiger partial charge < -0.3 is 5.32 Å². The number of hydrogen-bond acceptors (Lipinski definition) is 4. The average molecular weight is 294 g/mol. The van der Waals surface area contributed by atoms with Crippen LogP contribution in [0.3, 0.4) is 0 Å². The fraction of sp³-hybridized carbons (Fsp3) is 0.429. The van der Waals surface area contributed by atoms with Crippen LogP contribution in [0, 0.1) is 5.92 Å². The second-order valence-corrected chi connectivity index (χ2v) is 6.70. The Morgan fingerprint density at radius 2 is 2.16 bits per heavy atom. The molecule has 0 aliphatic rings. The molecule has 19 heavy (non-hydrogen) atoms. The topological polar surface area (TPSA) is 42.0 Å². The monoisotopic (exact) mass is 294 g/mol. The van der Waals surface area contributed by atoms with Crippen molar-refractivity contribution < 1.29 is 4.79 Å². The summed E-state index contributed by atoms with van der Waals surface area (Å²) in [6.07, 6.45) is 0.360. The van der Waals surface area contributed by atoms with E-state index in [1.54, 1.807) is 22.7 Å². The number of carbonyl (C=O) groups is 1. The van der Waals surface area contributed by atoms with Crippen LogP contribution in [0.5, 0.6) is 0 Å². The number of carbonyl (C=O) groups excluding carboxylic acids is 1. The van der Waals surface area contributed by atoms with Crippen molar-refractivity contribution in [3.63, 3.8) is 0 Å². The molecular weight excluding hydrogens is 276 g/mol. The van der Waals surface area contributed by atoms with E-state index in [1.165, 1.54) is 0 Å². The van der Waals surface area contributed by atoms with Crippen molar-refractivity contribution >= 4 is 28.6 Å². The zero-order chi connectivity index (χ0) is 13.8. The molecule has 2 aromatic rings. The van der Waals surface area contributed by atoms with Crippen LogP contribution in [0.1, 0.15) is 26.5 Å². The SMILES string of the molecule is CC(C)[C@H](C)NC(=O)Cc1csc(-c2cccs2)n1. The Morgan fingerprint density at radius 1 is 1.37 bits per heavy atom. The Bertz CT molecular complexity index is 531. The lowest BCUT2D eigenvalue weighted by molar-refractivity contribution is -0.121. The Labute approximate surface area is 121 Å². The Hall–Kier alpha value is -1.20. The molecule has 102 valence electrons. The van der Waals surface area contributed by atoms with Gasteiger partial charge in [0.05, 0.1) is 17.0 Å². The zero-order valence-corrected chi connectivity index (χ0v) is 13.0. The third kappa shape index (κ3) is 3.88. The van der Waals surface area contributed by atoms with Gasteiger partial charge in [0.1, 0.15) is 5.01 Å². The highest BCUT2D eigenvalue weighted by Gasteiger charge is 2.13. The van der Waals surface area contributed by atoms with E-state index in [0.29, 0.717) is 12.3 Å². The van der Waals surface area contributed by atoms with Crippen molar-refractivity contribution in [3.8, 4) is 9.88 Å². The van der Waals surface area contributed by atoms with E-state index in [-0.39, 0.29) is 11.9 Å². The summed E-state index contributed by atoms with van der Waals surface area (Å²) in [7, 11) is 0. The largest absolute Gasteiger partial charge is 0.353 e. The first-order chi connectivity index (χ1) is 9.06. The van der Waals surface area contributed by atoms with Gasteiger partial charge in [-0.1, -0.05) is 19.9 Å². The van der Waals surface area contributed by atoms with Crippen LogP contribution in [0.4, 0.5) is 0 Å². The molecule has 0 aliphatic heterocycles. The quantitative estimate of drug-likeness (QED) is 0.916. The predicted molar refractivity (Wildman–Crippen MR) is 81.6 cm³/mol. The first kappa shape index (κ1) is 14.2. The molecule has 0 fully saturated rings. The summed E-state index contributed by atoms with van der Waals surface area (Å²) in [5, 5.41) is 8.00. The van der Waals surface area contributed by atoms with E-state index in [4.69, 9.17) is 0 Å². The van der Waals surface area contributed by atoms with Crippen molar-refractivity contribution in [1.82, 2.24) is 10.3 Å². The van der Waals surface area contributed by atoms with Crippen LogP contribution in [0.2, 0.25) is 0 Å². The van der Waals surface area contributed by atoms with Gasteiger partial charge in [0.15, 0.2) is 0 Å². The number of hydrogen-bond donors (Lipinski definition) is 1. The van der Waals surface area contributed by atoms with Crippen molar-refractivity contribution in [2.45, 2.75) is 33.2 Å². The van der Waals surface area contributed by atoms with E-state index in [9.17, 15) is 4.79 Å². The smallest absolute Gasteiger partial charge is 0.226 e. The maximum atomic E-state index is 11.9. The minimum absolute atomic E-state index is 0.0456. The van der Waals surface area contributed by atoms with Crippen LogP contribution in [-0.2, 0) is 11.2 Å². The molecule has 5 heteroatoms. The summed E-state index contributed by atoms with van der Waals surface area (Å²) in [6.45, 7) is 6.23. The average Bonchev–Trinajstić information content (AvgIpc) is 2.97. The molecule has 2 rings (SSSR count). The molecule has 0 unspecified atom stereocenters. The van der Waals surface area contributed by atoms with Gasteiger partial charge in [-0.25, -0.2) is 4.98 Å². The van der Waals surface area contributed by atoms with Crippen LogP contribution >= 0.6 is 22.7 Å². The van der Waals surface area contributed by atoms with Gasteiger partial charge in [-0.3, -0.25) is 4.79 Å². The lowest BCUT2D eigenvalue weighted by Crippen LogP contribution is -2.37. The number of nitrogens with one attached hydrogen (secondary N) is 1. The Morgan fingerprint density at radius 3 is 2.79 bits per heavy atom. The lowest BCUT2D eigenvalue weighted by atomic mass is 10.1. The number of amides is 1. The normalized spacial score (nSPS) is 12.6. The lowest BCUT2D eigenvalue weighted by Gasteiger charge is -2.16. The summed E-state index contributed by atoms with van der Waals surface area (Å²) in [6, 6.07) is 4.26. The van der Waals surface area contributed by atoms with Gasteiger partial charge in [-0.15, -0.1) is 22.7 Å². The molecule has 0 aromatic carbocycles. The van der Waals surface area contributed by atoms with Gasteiger partial charge >= 0.3 is 0 Å². The van der Waals surface area contributed by atoms with E-state index in [2.05, 4.69) is 24.1 Å². The highest BCUT2D eigenvalue weighted by molar-refractivity contribution is 7.20. The molecule has 1 atom stereocenters. The molecule has 0 aliphatic carbocycles. The van der Waals surface area contributed by atoms with Crippen LogP contribution in [-0.4, -0.2) is 16.9 Å². The number of aromatic nitrogens is 1. The fourth-order valence-corrected chi connectivity index (χ4v) is 3.17. The molecule has 1 N–H and O–H groups in total. The van der Waals surface area contributed by atoms with Gasteiger partial charge in [0.25, 0.3) is 0 Å². The molecule has 0 radical (unpaired) electrons. The van der Waals surface area contributed by atoms with Crippen molar-refractivity contribution in [3.05, 3.63) is 28.6 Å². The van der Waals surface area contributed by atoms with E-state index >= 15 is 0 Å². The molecule has 0 saturated heterocycles. The fourth-order valence-electron chi connectivity index (χ4n) is 1.54. The van der Waals surface area contributed by atoms with Gasteiger partial charge in [-0.2, -0.15) is 0 Å². The van der Waals surface area contributed by atoms with Crippen LogP contribution in [0.15, 0.2) is 22.9 Å². The number of thiophene rings is 1. The third-order valence-electron chi connectivity index (χ3n) is 3.01. The molecule has 0 saturated carbocycles. The second-order valence-electron chi connectivity index (χ2n) is 4.90. The number of nitrogens with zero attached hydrogens (tertiary/aromatic N) is 1. The highest BCUT2D eigenvalue weighted by Crippen LogP contribution is 2.27. The third-order valence-corrected chi connectivity index (χ3v) is 4.94. The first-order valence-electron chi connectivity index (χ1n) is 6.34. The Balaban J connectivity index is 1.95. The van der Waals surface area contributed by atoms with Crippen molar-refractivity contribution in [2.75, 3.05) is 0 Å². The number of thiazole rings is 1. The molecule has 3 nitrogen and oxygen atoms in total. The minimum atomic E-state index is 0.0456. The molecule has 2 aromatic heterocycles. The molecule has 1 amide bonds. The van der Waals surface area contributed by atoms with E-state index in [1.807, 2.05) is 29.8 Å². The van der Waals surface area contributed by atoms with Crippen LogP contribution < -0.4 is 5.32 Å². The minimum Gasteiger partial charge on any atom is -0.353 e. The van der Waals surface area contributed by atoms with Gasteiger partial charge in [0, 0.05) is 11.4 Å².